The molecule has 0 fully saturated rings. The van der Waals surface area contributed by atoms with E-state index >= 15 is 0 Å². The summed E-state index contributed by atoms with van der Waals surface area (Å²) in [5, 5.41) is 3.48. The van der Waals surface area contributed by atoms with Gasteiger partial charge in [-0.3, -0.25) is 0 Å². The second kappa shape index (κ2) is 4.96. The number of fused-ring (bicyclic) bond motifs is 2. The number of hydrogen-bond acceptors (Lipinski definition) is 2. The maximum atomic E-state index is 13.9. The second-order valence-corrected chi connectivity index (χ2v) is 5.03. The average Bonchev–Trinajstić information content (AvgIpc) is 2.46. The number of anilines is 1. The molecule has 106 valence electrons. The average molecular weight is 280 g/mol. The minimum absolute atomic E-state index is 0.0829. The van der Waals surface area contributed by atoms with Crippen LogP contribution in [0.1, 0.15) is 31.0 Å². The van der Waals surface area contributed by atoms with Crippen LogP contribution in [-0.2, 0) is 12.8 Å². The maximum absolute atomic E-state index is 13.9. The molecule has 3 rings (SSSR count). The molecule has 2 aromatic rings. The number of aryl methyl sites for hydroxylation is 1. The van der Waals surface area contributed by atoms with Gasteiger partial charge in [0.05, 0.1) is 0 Å². The van der Waals surface area contributed by atoms with Crippen LogP contribution in [0.4, 0.5) is 18.9 Å². The summed E-state index contributed by atoms with van der Waals surface area (Å²) in [4.78, 5) is 4.24. The molecule has 1 heterocycles. The molecule has 0 saturated heterocycles. The Morgan fingerprint density at radius 3 is 2.65 bits per heavy atom. The van der Waals surface area contributed by atoms with Crippen LogP contribution in [0.5, 0.6) is 0 Å². The van der Waals surface area contributed by atoms with E-state index in [1.807, 2.05) is 6.92 Å². The molecule has 20 heavy (non-hydrogen) atoms. The fourth-order valence-electron chi connectivity index (χ4n) is 2.84. The molecule has 2 nitrogen and oxygen atoms in total. The highest BCUT2D eigenvalue weighted by molar-refractivity contribution is 5.94. The molecule has 5 heteroatoms. The summed E-state index contributed by atoms with van der Waals surface area (Å²) in [5.74, 6) is -3.83. The van der Waals surface area contributed by atoms with E-state index in [2.05, 4.69) is 10.3 Å². The predicted molar refractivity (Wildman–Crippen MR) is 72.4 cm³/mol. The summed E-state index contributed by atoms with van der Waals surface area (Å²) in [6, 6.07) is 1.04. The van der Waals surface area contributed by atoms with E-state index < -0.39 is 17.5 Å². The third-order valence-electron chi connectivity index (χ3n) is 3.75. The standard InChI is InChI=1S/C15H15F3N2/c1-2-19-14-8-5-3-4-6-11(8)20-15-9(14)7-10(16)12(17)13(15)18/h7H,2-6H2,1H3,(H,19,20). The lowest BCUT2D eigenvalue weighted by Gasteiger charge is -2.21. The topological polar surface area (TPSA) is 24.9 Å². The summed E-state index contributed by atoms with van der Waals surface area (Å²) >= 11 is 0. The molecule has 1 aromatic heterocycles. The molecule has 1 aliphatic carbocycles. The van der Waals surface area contributed by atoms with Gasteiger partial charge in [0.1, 0.15) is 5.52 Å². The van der Waals surface area contributed by atoms with Crippen molar-refractivity contribution in [3.05, 3.63) is 34.8 Å². The summed E-state index contributed by atoms with van der Waals surface area (Å²) in [6.45, 7) is 2.55. The van der Waals surface area contributed by atoms with E-state index in [-0.39, 0.29) is 5.52 Å². The van der Waals surface area contributed by atoms with Gasteiger partial charge in [0.2, 0.25) is 0 Å². The first-order valence-electron chi connectivity index (χ1n) is 6.86. The molecule has 0 bridgehead atoms. The monoisotopic (exact) mass is 280 g/mol. The highest BCUT2D eigenvalue weighted by atomic mass is 19.2. The van der Waals surface area contributed by atoms with Crippen molar-refractivity contribution in [3.63, 3.8) is 0 Å². The number of aromatic nitrogens is 1. The minimum atomic E-state index is -1.46. The van der Waals surface area contributed by atoms with Crippen LogP contribution >= 0.6 is 0 Å². The predicted octanol–water partition coefficient (Wildman–Crippen LogP) is 3.96. The minimum Gasteiger partial charge on any atom is -0.384 e. The van der Waals surface area contributed by atoms with Crippen LogP contribution in [0.25, 0.3) is 10.9 Å². The molecule has 1 aliphatic rings. The Morgan fingerprint density at radius 2 is 1.90 bits per heavy atom. The summed E-state index contributed by atoms with van der Waals surface area (Å²) in [5.41, 5.74) is 2.42. The van der Waals surface area contributed by atoms with Gasteiger partial charge in [-0.1, -0.05) is 0 Å². The highest BCUT2D eigenvalue weighted by Gasteiger charge is 2.22. The quantitative estimate of drug-likeness (QED) is 0.842. The number of nitrogens with one attached hydrogen (secondary N) is 1. The highest BCUT2D eigenvalue weighted by Crippen LogP contribution is 2.35. The van der Waals surface area contributed by atoms with Gasteiger partial charge in [-0.15, -0.1) is 0 Å². The van der Waals surface area contributed by atoms with Crippen molar-refractivity contribution in [3.8, 4) is 0 Å². The summed E-state index contributed by atoms with van der Waals surface area (Å²) in [7, 11) is 0. The van der Waals surface area contributed by atoms with Gasteiger partial charge in [-0.2, -0.15) is 0 Å². The number of halogens is 3. The van der Waals surface area contributed by atoms with Crippen LogP contribution in [0.15, 0.2) is 6.07 Å². The molecule has 0 radical (unpaired) electrons. The van der Waals surface area contributed by atoms with Gasteiger partial charge >= 0.3 is 0 Å². The Hall–Kier alpha value is -1.78. The van der Waals surface area contributed by atoms with Crippen molar-refractivity contribution in [1.29, 1.82) is 0 Å². The van der Waals surface area contributed by atoms with E-state index in [4.69, 9.17) is 0 Å². The molecule has 1 aromatic carbocycles. The summed E-state index contributed by atoms with van der Waals surface area (Å²) < 4.78 is 40.8. The Bertz CT molecular complexity index is 683. The van der Waals surface area contributed by atoms with E-state index in [1.165, 1.54) is 0 Å². The Labute approximate surface area is 115 Å². The Balaban J connectivity index is 2.39. The number of nitrogens with zero attached hydrogens (tertiary/aromatic N) is 1. The van der Waals surface area contributed by atoms with Gasteiger partial charge in [-0.05, 0) is 44.2 Å². The van der Waals surface area contributed by atoms with Gasteiger partial charge in [0, 0.05) is 23.3 Å². The lowest BCUT2D eigenvalue weighted by molar-refractivity contribution is 0.452. The van der Waals surface area contributed by atoms with Crippen molar-refractivity contribution in [2.24, 2.45) is 0 Å². The van der Waals surface area contributed by atoms with Gasteiger partial charge in [0.25, 0.3) is 0 Å². The lowest BCUT2D eigenvalue weighted by atomic mass is 9.92. The smallest absolute Gasteiger partial charge is 0.196 e. The molecular weight excluding hydrogens is 265 g/mol. The SMILES string of the molecule is CCNc1c2c(nc3c(F)c(F)c(F)cc13)CCCC2. The molecule has 0 saturated carbocycles. The van der Waals surface area contributed by atoms with E-state index in [9.17, 15) is 13.2 Å². The van der Waals surface area contributed by atoms with Crippen LogP contribution in [-0.4, -0.2) is 11.5 Å². The van der Waals surface area contributed by atoms with Gasteiger partial charge < -0.3 is 5.32 Å². The first kappa shape index (κ1) is 13.2. The summed E-state index contributed by atoms with van der Waals surface area (Å²) in [6.07, 6.45) is 3.61. The van der Waals surface area contributed by atoms with Crippen molar-refractivity contribution >= 4 is 16.6 Å². The second-order valence-electron chi connectivity index (χ2n) is 5.03. The van der Waals surface area contributed by atoms with Crippen molar-refractivity contribution in [2.75, 3.05) is 11.9 Å². The Morgan fingerprint density at radius 1 is 1.15 bits per heavy atom. The van der Waals surface area contributed by atoms with Crippen LogP contribution in [0.3, 0.4) is 0 Å². The van der Waals surface area contributed by atoms with Crippen LogP contribution in [0.2, 0.25) is 0 Å². The van der Waals surface area contributed by atoms with Gasteiger partial charge in [-0.25, -0.2) is 18.2 Å². The number of rotatable bonds is 2. The molecular formula is C15H15F3N2. The van der Waals surface area contributed by atoms with Crippen molar-refractivity contribution in [2.45, 2.75) is 32.6 Å². The Kier molecular flexibility index (Phi) is 3.28. The molecule has 0 spiro atoms. The normalized spacial score (nSPS) is 14.4. The van der Waals surface area contributed by atoms with Crippen molar-refractivity contribution < 1.29 is 13.2 Å². The largest absolute Gasteiger partial charge is 0.384 e. The fraction of sp³-hybridized carbons (Fsp3) is 0.400. The third kappa shape index (κ3) is 1.92. The lowest BCUT2D eigenvalue weighted by Crippen LogP contribution is -2.12. The van der Waals surface area contributed by atoms with E-state index in [0.29, 0.717) is 17.6 Å². The third-order valence-corrected chi connectivity index (χ3v) is 3.75. The van der Waals surface area contributed by atoms with Crippen LogP contribution < -0.4 is 5.32 Å². The maximum Gasteiger partial charge on any atom is 0.196 e. The van der Waals surface area contributed by atoms with Gasteiger partial charge in [0.15, 0.2) is 17.5 Å². The zero-order valence-corrected chi connectivity index (χ0v) is 11.2. The van der Waals surface area contributed by atoms with E-state index in [0.717, 1.165) is 43.0 Å². The van der Waals surface area contributed by atoms with Crippen LogP contribution in [0, 0.1) is 17.5 Å². The molecule has 0 amide bonds. The van der Waals surface area contributed by atoms with Crippen molar-refractivity contribution in [1.82, 2.24) is 4.98 Å². The van der Waals surface area contributed by atoms with E-state index in [1.54, 1.807) is 0 Å². The first-order valence-corrected chi connectivity index (χ1v) is 6.86. The molecule has 1 N–H and O–H groups in total. The number of pyridine rings is 1. The number of hydrogen-bond donors (Lipinski definition) is 1. The molecule has 0 atom stereocenters. The number of benzene rings is 1. The molecule has 0 aliphatic heterocycles. The zero-order chi connectivity index (χ0) is 14.3. The molecule has 0 unspecified atom stereocenters. The first-order chi connectivity index (χ1) is 9.63. The zero-order valence-electron chi connectivity index (χ0n) is 11.2. The fourth-order valence-corrected chi connectivity index (χ4v) is 2.84.